The minimum atomic E-state index is -3.54. The maximum atomic E-state index is 12.7. The standard InChI is InChI=1S/C26H28NO7P/c1-35(30,33-19-23-15-9-4-10-16-23)34-20-24(25(28)31-17-21-11-5-2-6-12-21)27-26(29)32-18-22-13-7-3-8-14-22/h2-16,24H,17-20H2,1H3,(H,27,29)/t24-,35?/m0/s1. The fourth-order valence-electron chi connectivity index (χ4n) is 2.92. The topological polar surface area (TPSA) is 100 Å². The summed E-state index contributed by atoms with van der Waals surface area (Å²) in [5.74, 6) is -0.756. The molecule has 2 atom stereocenters. The highest BCUT2D eigenvalue weighted by atomic mass is 31.2. The Morgan fingerprint density at radius 1 is 0.714 bits per heavy atom. The van der Waals surface area contributed by atoms with E-state index < -0.39 is 32.3 Å². The van der Waals surface area contributed by atoms with Gasteiger partial charge in [-0.2, -0.15) is 0 Å². The van der Waals surface area contributed by atoms with E-state index in [0.29, 0.717) is 0 Å². The van der Waals surface area contributed by atoms with Crippen LogP contribution in [-0.4, -0.2) is 31.4 Å². The molecule has 0 saturated carbocycles. The van der Waals surface area contributed by atoms with Gasteiger partial charge in [-0.25, -0.2) is 9.59 Å². The van der Waals surface area contributed by atoms with Crippen molar-refractivity contribution in [1.29, 1.82) is 0 Å². The smallest absolute Gasteiger partial charge is 0.408 e. The van der Waals surface area contributed by atoms with Gasteiger partial charge in [0.05, 0.1) is 13.2 Å². The molecule has 3 aromatic carbocycles. The monoisotopic (exact) mass is 497 g/mol. The number of carbonyl (C=O) groups is 2. The highest BCUT2D eigenvalue weighted by molar-refractivity contribution is 7.52. The van der Waals surface area contributed by atoms with Crippen molar-refractivity contribution < 1.29 is 32.7 Å². The molecule has 0 fully saturated rings. The van der Waals surface area contributed by atoms with Crippen LogP contribution in [0.4, 0.5) is 4.79 Å². The SMILES string of the molecule is CP(=O)(OCc1ccccc1)OC[C@H](NC(=O)OCc1ccccc1)C(=O)OCc1ccccc1. The first kappa shape index (κ1) is 26.2. The number of benzene rings is 3. The fraction of sp³-hybridized carbons (Fsp3) is 0.231. The third-order valence-corrected chi connectivity index (χ3v) is 6.01. The molecule has 0 heterocycles. The Labute approximate surface area is 204 Å². The summed E-state index contributed by atoms with van der Waals surface area (Å²) in [5, 5.41) is 2.43. The van der Waals surface area contributed by atoms with E-state index in [4.69, 9.17) is 18.5 Å². The first-order chi connectivity index (χ1) is 16.9. The van der Waals surface area contributed by atoms with Gasteiger partial charge in [0.15, 0.2) is 6.04 Å². The molecule has 0 radical (unpaired) electrons. The van der Waals surface area contributed by atoms with Crippen LogP contribution in [0, 0.1) is 0 Å². The largest absolute Gasteiger partial charge is 0.459 e. The van der Waals surface area contributed by atoms with Crippen LogP contribution in [0.15, 0.2) is 91.0 Å². The minimum absolute atomic E-state index is 0.00517. The summed E-state index contributed by atoms with van der Waals surface area (Å²) in [6, 6.07) is 26.1. The number of amides is 1. The van der Waals surface area contributed by atoms with Gasteiger partial charge in [0.2, 0.25) is 0 Å². The average Bonchev–Trinajstić information content (AvgIpc) is 2.89. The lowest BCUT2D eigenvalue weighted by Crippen LogP contribution is -2.45. The van der Waals surface area contributed by atoms with E-state index in [1.165, 1.54) is 6.66 Å². The zero-order valence-corrected chi connectivity index (χ0v) is 20.3. The van der Waals surface area contributed by atoms with Crippen LogP contribution >= 0.6 is 7.60 Å². The van der Waals surface area contributed by atoms with Crippen molar-refractivity contribution in [2.75, 3.05) is 13.3 Å². The molecule has 0 aromatic heterocycles. The fourth-order valence-corrected chi connectivity index (χ4v) is 3.80. The van der Waals surface area contributed by atoms with E-state index >= 15 is 0 Å². The average molecular weight is 497 g/mol. The van der Waals surface area contributed by atoms with Crippen molar-refractivity contribution in [1.82, 2.24) is 5.32 Å². The third kappa shape index (κ3) is 9.74. The summed E-state index contributed by atoms with van der Waals surface area (Å²) >= 11 is 0. The van der Waals surface area contributed by atoms with Crippen molar-refractivity contribution in [2.24, 2.45) is 0 Å². The van der Waals surface area contributed by atoms with Crippen LogP contribution < -0.4 is 5.32 Å². The van der Waals surface area contributed by atoms with Crippen LogP contribution in [-0.2, 0) is 47.7 Å². The van der Waals surface area contributed by atoms with E-state index in [0.717, 1.165) is 16.7 Å². The second kappa shape index (κ2) is 13.4. The van der Waals surface area contributed by atoms with E-state index in [9.17, 15) is 14.2 Å². The van der Waals surface area contributed by atoms with E-state index in [1.807, 2.05) is 66.7 Å². The predicted octanol–water partition coefficient (Wildman–Crippen LogP) is 5.08. The Morgan fingerprint density at radius 3 is 1.69 bits per heavy atom. The van der Waals surface area contributed by atoms with Gasteiger partial charge in [0.1, 0.15) is 13.2 Å². The first-order valence-electron chi connectivity index (χ1n) is 11.0. The second-order valence-electron chi connectivity index (χ2n) is 7.68. The number of ether oxygens (including phenoxy) is 2. The summed E-state index contributed by atoms with van der Waals surface area (Å²) in [7, 11) is -3.54. The van der Waals surface area contributed by atoms with Gasteiger partial charge in [0.25, 0.3) is 0 Å². The zero-order chi connectivity index (χ0) is 24.9. The molecular weight excluding hydrogens is 469 g/mol. The molecule has 9 heteroatoms. The van der Waals surface area contributed by atoms with Crippen molar-refractivity contribution in [3.05, 3.63) is 108 Å². The molecule has 0 bridgehead atoms. The zero-order valence-electron chi connectivity index (χ0n) is 19.4. The molecule has 0 aliphatic carbocycles. The molecular formula is C26H28NO7P. The van der Waals surface area contributed by atoms with Crippen LogP contribution in [0.3, 0.4) is 0 Å². The number of esters is 1. The van der Waals surface area contributed by atoms with Gasteiger partial charge in [-0.05, 0) is 16.7 Å². The molecule has 8 nitrogen and oxygen atoms in total. The first-order valence-corrected chi connectivity index (χ1v) is 13.0. The van der Waals surface area contributed by atoms with E-state index in [2.05, 4.69) is 5.32 Å². The molecule has 0 aliphatic rings. The van der Waals surface area contributed by atoms with Crippen LogP contribution in [0.2, 0.25) is 0 Å². The summed E-state index contributed by atoms with van der Waals surface area (Å²) in [6.45, 7) is 0.980. The lowest BCUT2D eigenvalue weighted by atomic mass is 10.2. The van der Waals surface area contributed by atoms with Gasteiger partial charge >= 0.3 is 19.7 Å². The van der Waals surface area contributed by atoms with Crippen LogP contribution in [0.25, 0.3) is 0 Å². The summed E-state index contributed by atoms with van der Waals surface area (Å²) < 4.78 is 34.1. The quantitative estimate of drug-likeness (QED) is 0.275. The molecule has 1 amide bonds. The highest BCUT2D eigenvalue weighted by Gasteiger charge is 2.28. The Bertz CT molecular complexity index is 1110. The lowest BCUT2D eigenvalue weighted by molar-refractivity contribution is -0.148. The molecule has 3 aromatic rings. The summed E-state index contributed by atoms with van der Waals surface area (Å²) in [4.78, 5) is 25.1. The van der Waals surface area contributed by atoms with E-state index in [1.54, 1.807) is 24.3 Å². The molecule has 0 aliphatic heterocycles. The van der Waals surface area contributed by atoms with E-state index in [-0.39, 0.29) is 19.8 Å². The Morgan fingerprint density at radius 2 is 1.17 bits per heavy atom. The Balaban J connectivity index is 1.57. The maximum absolute atomic E-state index is 12.7. The normalized spacial score (nSPS) is 13.3. The van der Waals surface area contributed by atoms with Gasteiger partial charge in [-0.3, -0.25) is 4.57 Å². The predicted molar refractivity (Wildman–Crippen MR) is 131 cm³/mol. The van der Waals surface area contributed by atoms with Gasteiger partial charge in [0, 0.05) is 6.66 Å². The molecule has 35 heavy (non-hydrogen) atoms. The van der Waals surface area contributed by atoms with Crippen molar-refractivity contribution in [3.8, 4) is 0 Å². The molecule has 3 rings (SSSR count). The highest BCUT2D eigenvalue weighted by Crippen LogP contribution is 2.44. The van der Waals surface area contributed by atoms with Crippen molar-refractivity contribution in [2.45, 2.75) is 25.9 Å². The van der Waals surface area contributed by atoms with Crippen molar-refractivity contribution in [3.63, 3.8) is 0 Å². The molecule has 0 spiro atoms. The molecule has 184 valence electrons. The molecule has 1 N–H and O–H groups in total. The Kier molecular flexibility index (Phi) is 10.0. The number of rotatable bonds is 12. The number of hydrogen-bond acceptors (Lipinski definition) is 7. The van der Waals surface area contributed by atoms with Gasteiger partial charge in [-0.15, -0.1) is 0 Å². The van der Waals surface area contributed by atoms with Crippen molar-refractivity contribution >= 4 is 19.7 Å². The maximum Gasteiger partial charge on any atom is 0.408 e. The number of carbonyl (C=O) groups excluding carboxylic acids is 2. The summed E-state index contributed by atoms with van der Waals surface area (Å²) in [5.41, 5.74) is 2.38. The minimum Gasteiger partial charge on any atom is -0.459 e. The van der Waals surface area contributed by atoms with Gasteiger partial charge in [-0.1, -0.05) is 91.0 Å². The number of hydrogen-bond donors (Lipinski definition) is 1. The lowest BCUT2D eigenvalue weighted by Gasteiger charge is -2.20. The second-order valence-corrected chi connectivity index (χ2v) is 9.74. The third-order valence-electron chi connectivity index (χ3n) is 4.80. The molecule has 0 saturated heterocycles. The van der Waals surface area contributed by atoms with Crippen LogP contribution in [0.1, 0.15) is 16.7 Å². The summed E-state index contributed by atoms with van der Waals surface area (Å²) in [6.07, 6.45) is -0.838. The Hall–Kier alpha value is -3.45. The van der Waals surface area contributed by atoms with Crippen LogP contribution in [0.5, 0.6) is 0 Å². The number of nitrogens with one attached hydrogen (secondary N) is 1. The van der Waals surface area contributed by atoms with Gasteiger partial charge < -0.3 is 23.8 Å². The molecule has 1 unspecified atom stereocenters. The number of alkyl carbamates (subject to hydrolysis) is 1.